The Morgan fingerprint density at radius 2 is 2.20 bits per heavy atom. The Labute approximate surface area is 94.2 Å². The summed E-state index contributed by atoms with van der Waals surface area (Å²) in [7, 11) is 0. The van der Waals surface area contributed by atoms with Crippen molar-refractivity contribution in [3.05, 3.63) is 34.3 Å². The molecule has 0 saturated carbocycles. The summed E-state index contributed by atoms with van der Waals surface area (Å²) in [6.45, 7) is -0.501. The van der Waals surface area contributed by atoms with Gasteiger partial charge >= 0.3 is 0 Å². The lowest BCUT2D eigenvalue weighted by Gasteiger charge is -2.01. The molecule has 0 bridgehead atoms. The lowest BCUT2D eigenvalue weighted by Crippen LogP contribution is -1.83. The summed E-state index contributed by atoms with van der Waals surface area (Å²) in [5.41, 5.74) is 6.85. The van der Waals surface area contributed by atoms with Crippen LogP contribution < -0.4 is 5.73 Å². The standard InChI is InChI=1S/C10H8BrFN2O/c11-8-3-6(1-2-7(8)5-12)9-4-10(13)14-15-9/h1-4H,5H2,(H2,13,14). The molecule has 0 amide bonds. The third-order valence-corrected chi connectivity index (χ3v) is 2.75. The maximum atomic E-state index is 12.4. The van der Waals surface area contributed by atoms with Crippen LogP contribution in [0.2, 0.25) is 0 Å². The van der Waals surface area contributed by atoms with Gasteiger partial charge in [0.25, 0.3) is 0 Å². The van der Waals surface area contributed by atoms with Crippen LogP contribution in [0.15, 0.2) is 33.3 Å². The van der Waals surface area contributed by atoms with Gasteiger partial charge in [0, 0.05) is 16.1 Å². The number of rotatable bonds is 2. The molecule has 0 atom stereocenters. The molecule has 0 aliphatic heterocycles. The van der Waals surface area contributed by atoms with Gasteiger partial charge in [-0.15, -0.1) is 0 Å². The number of hydrogen-bond acceptors (Lipinski definition) is 3. The second kappa shape index (κ2) is 4.02. The number of aromatic nitrogens is 1. The first kappa shape index (κ1) is 10.2. The molecular formula is C10H8BrFN2O. The summed E-state index contributed by atoms with van der Waals surface area (Å²) < 4.78 is 18.1. The number of nitrogens with two attached hydrogens (primary N) is 1. The number of hydrogen-bond donors (Lipinski definition) is 1. The molecular weight excluding hydrogens is 263 g/mol. The summed E-state index contributed by atoms with van der Waals surface area (Å²) in [5, 5.41) is 3.58. The monoisotopic (exact) mass is 270 g/mol. The van der Waals surface area contributed by atoms with Crippen LogP contribution in [-0.4, -0.2) is 5.16 Å². The lowest BCUT2D eigenvalue weighted by atomic mass is 10.1. The molecule has 78 valence electrons. The largest absolute Gasteiger partial charge is 0.381 e. The number of nitrogen functional groups attached to an aromatic ring is 1. The minimum atomic E-state index is -0.501. The van der Waals surface area contributed by atoms with E-state index in [9.17, 15) is 4.39 Å². The van der Waals surface area contributed by atoms with E-state index in [1.165, 1.54) is 0 Å². The highest BCUT2D eigenvalue weighted by atomic mass is 79.9. The Balaban J connectivity index is 2.42. The molecule has 0 fully saturated rings. The number of anilines is 1. The minimum Gasteiger partial charge on any atom is -0.381 e. The van der Waals surface area contributed by atoms with E-state index in [-0.39, 0.29) is 0 Å². The van der Waals surface area contributed by atoms with E-state index < -0.39 is 6.67 Å². The van der Waals surface area contributed by atoms with Gasteiger partial charge in [0.2, 0.25) is 0 Å². The Kier molecular flexibility index (Phi) is 2.73. The van der Waals surface area contributed by atoms with Crippen LogP contribution in [0.3, 0.4) is 0 Å². The van der Waals surface area contributed by atoms with Crippen molar-refractivity contribution >= 4 is 21.7 Å². The highest BCUT2D eigenvalue weighted by Gasteiger charge is 2.07. The van der Waals surface area contributed by atoms with Gasteiger partial charge in [-0.05, 0) is 11.6 Å². The van der Waals surface area contributed by atoms with Gasteiger partial charge < -0.3 is 10.3 Å². The molecule has 1 aromatic heterocycles. The van der Waals surface area contributed by atoms with Crippen LogP contribution in [0.25, 0.3) is 11.3 Å². The average Bonchev–Trinajstić information content (AvgIpc) is 2.65. The van der Waals surface area contributed by atoms with E-state index in [4.69, 9.17) is 10.3 Å². The van der Waals surface area contributed by atoms with Crippen molar-refractivity contribution < 1.29 is 8.91 Å². The van der Waals surface area contributed by atoms with E-state index in [0.717, 1.165) is 5.56 Å². The van der Waals surface area contributed by atoms with Gasteiger partial charge in [-0.25, -0.2) is 4.39 Å². The Hall–Kier alpha value is -1.36. The molecule has 2 aromatic rings. The number of halogens is 2. The number of nitrogens with zero attached hydrogens (tertiary/aromatic N) is 1. The van der Waals surface area contributed by atoms with Crippen molar-refractivity contribution in [1.29, 1.82) is 0 Å². The smallest absolute Gasteiger partial charge is 0.169 e. The topological polar surface area (TPSA) is 52.0 Å². The number of alkyl halides is 1. The molecule has 5 heteroatoms. The van der Waals surface area contributed by atoms with Crippen LogP contribution >= 0.6 is 15.9 Å². The summed E-state index contributed by atoms with van der Waals surface area (Å²) in [5.74, 6) is 0.897. The maximum absolute atomic E-state index is 12.4. The molecule has 0 spiro atoms. The van der Waals surface area contributed by atoms with Gasteiger partial charge in [-0.2, -0.15) is 0 Å². The molecule has 1 heterocycles. The van der Waals surface area contributed by atoms with Crippen molar-refractivity contribution in [2.24, 2.45) is 0 Å². The fourth-order valence-electron chi connectivity index (χ4n) is 1.23. The van der Waals surface area contributed by atoms with Crippen LogP contribution in [0.5, 0.6) is 0 Å². The Bertz CT molecular complexity index is 484. The molecule has 15 heavy (non-hydrogen) atoms. The summed E-state index contributed by atoms with van der Waals surface area (Å²) in [4.78, 5) is 0. The SMILES string of the molecule is Nc1cc(-c2ccc(CF)c(Br)c2)on1. The van der Waals surface area contributed by atoms with Crippen LogP contribution in [0.4, 0.5) is 10.2 Å². The highest BCUT2D eigenvalue weighted by molar-refractivity contribution is 9.10. The van der Waals surface area contributed by atoms with Crippen molar-refractivity contribution in [2.45, 2.75) is 6.67 Å². The molecule has 2 N–H and O–H groups in total. The molecule has 0 unspecified atom stereocenters. The Morgan fingerprint density at radius 1 is 1.40 bits per heavy atom. The van der Waals surface area contributed by atoms with E-state index in [1.54, 1.807) is 24.3 Å². The molecule has 1 aromatic carbocycles. The fourth-order valence-corrected chi connectivity index (χ4v) is 1.72. The lowest BCUT2D eigenvalue weighted by molar-refractivity contribution is 0.435. The minimum absolute atomic E-state index is 0.329. The molecule has 0 saturated heterocycles. The summed E-state index contributed by atoms with van der Waals surface area (Å²) in [6.07, 6.45) is 0. The normalized spacial score (nSPS) is 10.5. The summed E-state index contributed by atoms with van der Waals surface area (Å²) >= 11 is 3.28. The second-order valence-corrected chi connectivity index (χ2v) is 3.91. The second-order valence-electron chi connectivity index (χ2n) is 3.06. The van der Waals surface area contributed by atoms with E-state index in [0.29, 0.717) is 21.6 Å². The number of benzene rings is 1. The highest BCUT2D eigenvalue weighted by Crippen LogP contribution is 2.27. The zero-order chi connectivity index (χ0) is 10.8. The predicted octanol–water partition coefficient (Wildman–Crippen LogP) is 3.16. The van der Waals surface area contributed by atoms with Crippen LogP contribution in [0, 0.1) is 0 Å². The molecule has 2 rings (SSSR count). The van der Waals surface area contributed by atoms with Crippen molar-refractivity contribution in [2.75, 3.05) is 5.73 Å². The van der Waals surface area contributed by atoms with Crippen LogP contribution in [-0.2, 0) is 6.67 Å². The van der Waals surface area contributed by atoms with Crippen molar-refractivity contribution in [3.8, 4) is 11.3 Å². The van der Waals surface area contributed by atoms with Crippen molar-refractivity contribution in [1.82, 2.24) is 5.16 Å². The van der Waals surface area contributed by atoms with E-state index in [2.05, 4.69) is 21.1 Å². The first-order valence-corrected chi connectivity index (χ1v) is 5.07. The van der Waals surface area contributed by atoms with Gasteiger partial charge in [-0.1, -0.05) is 33.2 Å². The first-order chi connectivity index (χ1) is 7.20. The van der Waals surface area contributed by atoms with Crippen molar-refractivity contribution in [3.63, 3.8) is 0 Å². The summed E-state index contributed by atoms with van der Waals surface area (Å²) in [6, 6.07) is 6.85. The van der Waals surface area contributed by atoms with Gasteiger partial charge in [0.05, 0.1) is 0 Å². The zero-order valence-corrected chi connectivity index (χ0v) is 9.29. The third kappa shape index (κ3) is 2.02. The zero-order valence-electron chi connectivity index (χ0n) is 7.71. The molecule has 0 aliphatic rings. The van der Waals surface area contributed by atoms with E-state index in [1.807, 2.05) is 0 Å². The fraction of sp³-hybridized carbons (Fsp3) is 0.100. The molecule has 3 nitrogen and oxygen atoms in total. The Morgan fingerprint density at radius 3 is 2.73 bits per heavy atom. The quantitative estimate of drug-likeness (QED) is 0.912. The van der Waals surface area contributed by atoms with Gasteiger partial charge in [-0.3, -0.25) is 0 Å². The maximum Gasteiger partial charge on any atom is 0.169 e. The van der Waals surface area contributed by atoms with Gasteiger partial charge in [0.15, 0.2) is 11.6 Å². The third-order valence-electron chi connectivity index (χ3n) is 2.01. The van der Waals surface area contributed by atoms with Crippen LogP contribution in [0.1, 0.15) is 5.56 Å². The van der Waals surface area contributed by atoms with E-state index >= 15 is 0 Å². The molecule has 0 radical (unpaired) electrons. The van der Waals surface area contributed by atoms with Gasteiger partial charge in [0.1, 0.15) is 6.67 Å². The predicted molar refractivity (Wildman–Crippen MR) is 58.9 cm³/mol. The average molecular weight is 271 g/mol. The first-order valence-electron chi connectivity index (χ1n) is 4.27. The molecule has 0 aliphatic carbocycles.